The zero-order valence-corrected chi connectivity index (χ0v) is 11.8. The predicted octanol–water partition coefficient (Wildman–Crippen LogP) is 2.64. The number of nitrogens with zero attached hydrogens (tertiary/aromatic N) is 2. The topological polar surface area (TPSA) is 48.4 Å². The number of rotatable bonds is 3. The van der Waals surface area contributed by atoms with E-state index in [0.717, 1.165) is 31.7 Å². The van der Waals surface area contributed by atoms with Gasteiger partial charge in [0.25, 0.3) is 0 Å². The van der Waals surface area contributed by atoms with Crippen molar-refractivity contribution in [1.29, 1.82) is 0 Å². The maximum atomic E-state index is 9.26. The van der Waals surface area contributed by atoms with Crippen LogP contribution in [0.2, 0.25) is 10.0 Å². The Morgan fingerprint density at radius 1 is 1.50 bits per heavy atom. The summed E-state index contributed by atoms with van der Waals surface area (Å²) in [6.45, 7) is 1.91. The van der Waals surface area contributed by atoms with E-state index in [4.69, 9.17) is 23.2 Å². The first kappa shape index (κ1) is 13.7. The van der Waals surface area contributed by atoms with E-state index in [1.807, 2.05) is 0 Å². The highest BCUT2D eigenvalue weighted by Gasteiger charge is 2.22. The third kappa shape index (κ3) is 2.82. The highest BCUT2D eigenvalue weighted by atomic mass is 35.5. The molecule has 2 heterocycles. The van der Waals surface area contributed by atoms with E-state index in [-0.39, 0.29) is 6.61 Å². The molecule has 1 unspecified atom stereocenters. The number of aromatic nitrogens is 1. The molecule has 0 spiro atoms. The molecule has 2 N–H and O–H groups in total. The molecule has 6 heteroatoms. The summed E-state index contributed by atoms with van der Waals surface area (Å²) >= 11 is 12.2. The Hall–Kier alpha value is -0.710. The molecule has 1 aliphatic heterocycles. The van der Waals surface area contributed by atoms with Crippen LogP contribution in [-0.4, -0.2) is 36.8 Å². The van der Waals surface area contributed by atoms with E-state index < -0.39 is 0 Å². The minimum absolute atomic E-state index is 0.209. The van der Waals surface area contributed by atoms with Gasteiger partial charge in [-0.05, 0) is 24.8 Å². The molecule has 1 aromatic heterocycles. The van der Waals surface area contributed by atoms with Crippen LogP contribution in [0.5, 0.6) is 0 Å². The molecule has 1 fully saturated rings. The van der Waals surface area contributed by atoms with Crippen LogP contribution in [0.25, 0.3) is 0 Å². The number of halogens is 2. The van der Waals surface area contributed by atoms with Gasteiger partial charge in [0, 0.05) is 26.7 Å². The number of anilines is 2. The van der Waals surface area contributed by atoms with Crippen molar-refractivity contribution in [3.05, 3.63) is 16.1 Å². The van der Waals surface area contributed by atoms with Crippen LogP contribution in [0.1, 0.15) is 12.8 Å². The predicted molar refractivity (Wildman–Crippen MR) is 75.8 cm³/mol. The second-order valence-corrected chi connectivity index (χ2v) is 5.33. The largest absolute Gasteiger partial charge is 0.396 e. The van der Waals surface area contributed by atoms with E-state index in [9.17, 15) is 5.11 Å². The maximum absolute atomic E-state index is 9.26. The molecule has 1 aliphatic rings. The van der Waals surface area contributed by atoms with E-state index in [1.54, 1.807) is 13.1 Å². The Labute approximate surface area is 117 Å². The van der Waals surface area contributed by atoms with Gasteiger partial charge in [-0.15, -0.1) is 0 Å². The fourth-order valence-corrected chi connectivity index (χ4v) is 2.83. The van der Waals surface area contributed by atoms with Crippen LogP contribution in [0.4, 0.5) is 11.6 Å². The van der Waals surface area contributed by atoms with Gasteiger partial charge in [0.1, 0.15) is 11.6 Å². The lowest BCUT2D eigenvalue weighted by Crippen LogP contribution is -2.37. The van der Waals surface area contributed by atoms with E-state index >= 15 is 0 Å². The third-order valence-corrected chi connectivity index (χ3v) is 3.79. The van der Waals surface area contributed by atoms with Crippen LogP contribution in [-0.2, 0) is 0 Å². The molecule has 1 aromatic rings. The monoisotopic (exact) mass is 289 g/mol. The second-order valence-electron chi connectivity index (χ2n) is 4.51. The van der Waals surface area contributed by atoms with E-state index in [2.05, 4.69) is 15.2 Å². The van der Waals surface area contributed by atoms with Gasteiger partial charge in [-0.1, -0.05) is 23.2 Å². The fourth-order valence-electron chi connectivity index (χ4n) is 2.26. The summed E-state index contributed by atoms with van der Waals surface area (Å²) in [5.41, 5.74) is 0. The minimum atomic E-state index is 0.209. The Balaban J connectivity index is 2.26. The smallest absolute Gasteiger partial charge is 0.149 e. The Morgan fingerprint density at radius 3 is 2.94 bits per heavy atom. The van der Waals surface area contributed by atoms with Crippen molar-refractivity contribution in [2.24, 2.45) is 5.92 Å². The molecule has 0 aliphatic carbocycles. The Morgan fingerprint density at radius 2 is 2.28 bits per heavy atom. The average molecular weight is 290 g/mol. The van der Waals surface area contributed by atoms with Crippen molar-refractivity contribution >= 4 is 34.8 Å². The zero-order chi connectivity index (χ0) is 13.1. The highest BCUT2D eigenvalue weighted by Crippen LogP contribution is 2.33. The normalized spacial score (nSPS) is 20.0. The van der Waals surface area contributed by atoms with Gasteiger partial charge in [0.2, 0.25) is 0 Å². The molecular formula is C12H17Cl2N3O. The molecular weight excluding hydrogens is 273 g/mol. The van der Waals surface area contributed by atoms with Gasteiger partial charge in [-0.2, -0.15) is 0 Å². The lowest BCUT2D eigenvalue weighted by molar-refractivity contribution is 0.208. The molecule has 0 bridgehead atoms. The SMILES string of the molecule is CNc1nc(N2CCCC(CO)C2)c(Cl)cc1Cl. The standard InChI is InChI=1S/C12H17Cl2N3O/c1-15-11-9(13)5-10(14)12(16-11)17-4-2-3-8(6-17)7-18/h5,8,18H,2-4,6-7H2,1H3,(H,15,16). The molecule has 1 saturated heterocycles. The van der Waals surface area contributed by atoms with Gasteiger partial charge in [-0.25, -0.2) is 4.98 Å². The first-order valence-corrected chi connectivity index (χ1v) is 6.81. The molecule has 18 heavy (non-hydrogen) atoms. The van der Waals surface area contributed by atoms with Crippen LogP contribution in [0, 0.1) is 5.92 Å². The number of aliphatic hydroxyl groups is 1. The maximum Gasteiger partial charge on any atom is 0.149 e. The number of piperidine rings is 1. The quantitative estimate of drug-likeness (QED) is 0.898. The van der Waals surface area contributed by atoms with Gasteiger partial charge >= 0.3 is 0 Å². The molecule has 0 amide bonds. The van der Waals surface area contributed by atoms with Crippen LogP contribution in [0.3, 0.4) is 0 Å². The van der Waals surface area contributed by atoms with Crippen LogP contribution >= 0.6 is 23.2 Å². The third-order valence-electron chi connectivity index (χ3n) is 3.22. The van der Waals surface area contributed by atoms with Crippen LogP contribution < -0.4 is 10.2 Å². The van der Waals surface area contributed by atoms with Gasteiger partial charge in [-0.3, -0.25) is 0 Å². The number of aliphatic hydroxyl groups excluding tert-OH is 1. The first-order valence-electron chi connectivity index (χ1n) is 6.05. The second kappa shape index (κ2) is 5.95. The van der Waals surface area contributed by atoms with Crippen molar-refractivity contribution in [1.82, 2.24) is 4.98 Å². The van der Waals surface area contributed by atoms with Gasteiger partial charge in [0.15, 0.2) is 0 Å². The molecule has 100 valence electrons. The zero-order valence-electron chi connectivity index (χ0n) is 10.3. The molecule has 2 rings (SSSR count). The number of hydrogen-bond acceptors (Lipinski definition) is 4. The summed E-state index contributed by atoms with van der Waals surface area (Å²) < 4.78 is 0. The van der Waals surface area contributed by atoms with E-state index in [1.165, 1.54) is 0 Å². The lowest BCUT2D eigenvalue weighted by Gasteiger charge is -2.33. The summed E-state index contributed by atoms with van der Waals surface area (Å²) in [5.74, 6) is 1.66. The Bertz CT molecular complexity index is 428. The summed E-state index contributed by atoms with van der Waals surface area (Å²) in [6.07, 6.45) is 2.10. The van der Waals surface area contributed by atoms with Gasteiger partial charge in [0.05, 0.1) is 10.0 Å². The molecule has 0 aromatic carbocycles. The van der Waals surface area contributed by atoms with Crippen molar-refractivity contribution in [2.45, 2.75) is 12.8 Å². The fraction of sp³-hybridized carbons (Fsp3) is 0.583. The molecule has 0 radical (unpaired) electrons. The lowest BCUT2D eigenvalue weighted by atomic mass is 9.99. The number of hydrogen-bond donors (Lipinski definition) is 2. The van der Waals surface area contributed by atoms with Crippen LogP contribution in [0.15, 0.2) is 6.07 Å². The first-order chi connectivity index (χ1) is 8.65. The van der Waals surface area contributed by atoms with Crippen molar-refractivity contribution in [2.75, 3.05) is 37.0 Å². The molecule has 1 atom stereocenters. The van der Waals surface area contributed by atoms with E-state index in [0.29, 0.717) is 21.8 Å². The van der Waals surface area contributed by atoms with Crippen molar-refractivity contribution in [3.63, 3.8) is 0 Å². The van der Waals surface area contributed by atoms with Gasteiger partial charge < -0.3 is 15.3 Å². The number of nitrogens with one attached hydrogen (secondary N) is 1. The molecule has 0 saturated carbocycles. The highest BCUT2D eigenvalue weighted by molar-refractivity contribution is 6.37. The summed E-state index contributed by atoms with van der Waals surface area (Å²) in [5, 5.41) is 13.3. The molecule has 4 nitrogen and oxygen atoms in total. The minimum Gasteiger partial charge on any atom is -0.396 e. The Kier molecular flexibility index (Phi) is 4.54. The summed E-state index contributed by atoms with van der Waals surface area (Å²) in [6, 6.07) is 1.71. The average Bonchev–Trinajstić information content (AvgIpc) is 2.39. The van der Waals surface area contributed by atoms with Crippen molar-refractivity contribution in [3.8, 4) is 0 Å². The summed E-state index contributed by atoms with van der Waals surface area (Å²) in [7, 11) is 1.78. The summed E-state index contributed by atoms with van der Waals surface area (Å²) in [4.78, 5) is 6.57. The number of pyridine rings is 1. The van der Waals surface area contributed by atoms with Crippen molar-refractivity contribution < 1.29 is 5.11 Å².